The highest BCUT2D eigenvalue weighted by Crippen LogP contribution is 2.05. The molecule has 1 N–H and O–H groups in total. The van der Waals surface area contributed by atoms with Gasteiger partial charge in [0.1, 0.15) is 0 Å². The Hall–Kier alpha value is -0.820. The maximum absolute atomic E-state index is 3.47. The number of hydrogen-bond donors (Lipinski definition) is 1. The van der Waals surface area contributed by atoms with Crippen molar-refractivity contribution in [2.75, 3.05) is 6.54 Å². The molecule has 0 aromatic heterocycles. The Kier molecular flexibility index (Phi) is 5.41. The van der Waals surface area contributed by atoms with Crippen molar-refractivity contribution in [3.8, 4) is 0 Å². The van der Waals surface area contributed by atoms with Crippen LogP contribution in [-0.2, 0) is 13.0 Å². The molecule has 15 heavy (non-hydrogen) atoms. The number of nitrogens with one attached hydrogen (secondary N) is 1. The summed E-state index contributed by atoms with van der Waals surface area (Å²) in [7, 11) is 0. The van der Waals surface area contributed by atoms with Crippen LogP contribution >= 0.6 is 0 Å². The van der Waals surface area contributed by atoms with Crippen LogP contribution in [0.25, 0.3) is 0 Å². The first-order valence-electron chi connectivity index (χ1n) is 6.01. The maximum atomic E-state index is 3.47. The highest BCUT2D eigenvalue weighted by molar-refractivity contribution is 5.22. The zero-order chi connectivity index (χ0) is 11.1. The predicted octanol–water partition coefficient (Wildman–Crippen LogP) is 3.38. The average Bonchev–Trinajstić information content (AvgIpc) is 2.25. The van der Waals surface area contributed by atoms with Crippen molar-refractivity contribution in [2.45, 2.75) is 40.2 Å². The van der Waals surface area contributed by atoms with Crippen LogP contribution in [0.4, 0.5) is 0 Å². The summed E-state index contributed by atoms with van der Waals surface area (Å²) in [5.41, 5.74) is 2.80. The maximum Gasteiger partial charge on any atom is 0.0205 e. The van der Waals surface area contributed by atoms with Crippen LogP contribution in [0, 0.1) is 5.92 Å². The molecule has 1 heteroatoms. The molecule has 84 valence electrons. The SMILES string of the molecule is CCc1ccc(CNCCC(C)C)cc1. The Morgan fingerprint density at radius 3 is 2.20 bits per heavy atom. The van der Waals surface area contributed by atoms with Gasteiger partial charge in [-0.05, 0) is 36.4 Å². The fraction of sp³-hybridized carbons (Fsp3) is 0.571. The highest BCUT2D eigenvalue weighted by atomic mass is 14.8. The van der Waals surface area contributed by atoms with E-state index >= 15 is 0 Å². The van der Waals surface area contributed by atoms with Gasteiger partial charge in [-0.15, -0.1) is 0 Å². The van der Waals surface area contributed by atoms with Crippen molar-refractivity contribution in [1.82, 2.24) is 5.32 Å². The van der Waals surface area contributed by atoms with E-state index in [0.717, 1.165) is 25.4 Å². The van der Waals surface area contributed by atoms with Crippen molar-refractivity contribution in [2.24, 2.45) is 5.92 Å². The first-order valence-corrected chi connectivity index (χ1v) is 6.01. The van der Waals surface area contributed by atoms with E-state index in [1.54, 1.807) is 0 Å². The normalized spacial score (nSPS) is 10.9. The minimum Gasteiger partial charge on any atom is -0.313 e. The monoisotopic (exact) mass is 205 g/mol. The zero-order valence-electron chi connectivity index (χ0n) is 10.2. The van der Waals surface area contributed by atoms with Crippen LogP contribution in [0.2, 0.25) is 0 Å². The standard InChI is InChI=1S/C14H23N/c1-4-13-5-7-14(8-6-13)11-15-10-9-12(2)3/h5-8,12,15H,4,9-11H2,1-3H3. The van der Waals surface area contributed by atoms with E-state index in [-0.39, 0.29) is 0 Å². The van der Waals surface area contributed by atoms with E-state index in [1.807, 2.05) is 0 Å². The molecule has 1 rings (SSSR count). The van der Waals surface area contributed by atoms with Gasteiger partial charge < -0.3 is 5.32 Å². The molecule has 0 radical (unpaired) electrons. The van der Waals surface area contributed by atoms with Crippen molar-refractivity contribution in [3.05, 3.63) is 35.4 Å². The molecule has 0 amide bonds. The second kappa shape index (κ2) is 6.62. The van der Waals surface area contributed by atoms with Gasteiger partial charge in [-0.3, -0.25) is 0 Å². The van der Waals surface area contributed by atoms with E-state index in [0.29, 0.717) is 0 Å². The molecule has 0 spiro atoms. The van der Waals surface area contributed by atoms with E-state index in [2.05, 4.69) is 50.4 Å². The Bertz CT molecular complexity index is 261. The van der Waals surface area contributed by atoms with Gasteiger partial charge in [-0.25, -0.2) is 0 Å². The Labute approximate surface area is 93.9 Å². The van der Waals surface area contributed by atoms with Gasteiger partial charge in [0.25, 0.3) is 0 Å². The molecule has 0 aliphatic heterocycles. The second-order valence-electron chi connectivity index (χ2n) is 4.53. The third kappa shape index (κ3) is 4.98. The van der Waals surface area contributed by atoms with Gasteiger partial charge in [-0.1, -0.05) is 45.0 Å². The first-order chi connectivity index (χ1) is 7.22. The average molecular weight is 205 g/mol. The Morgan fingerprint density at radius 2 is 1.67 bits per heavy atom. The molecule has 0 aliphatic carbocycles. The summed E-state index contributed by atoms with van der Waals surface area (Å²) in [4.78, 5) is 0. The lowest BCUT2D eigenvalue weighted by Crippen LogP contribution is -2.16. The third-order valence-corrected chi connectivity index (χ3v) is 2.66. The third-order valence-electron chi connectivity index (χ3n) is 2.66. The van der Waals surface area contributed by atoms with Gasteiger partial charge in [0.05, 0.1) is 0 Å². The van der Waals surface area contributed by atoms with Crippen LogP contribution in [0.5, 0.6) is 0 Å². The van der Waals surface area contributed by atoms with E-state index in [1.165, 1.54) is 17.5 Å². The van der Waals surface area contributed by atoms with Crippen LogP contribution in [0.1, 0.15) is 38.3 Å². The fourth-order valence-electron chi connectivity index (χ4n) is 1.52. The number of aryl methyl sites for hydroxylation is 1. The molecule has 0 bridgehead atoms. The fourth-order valence-corrected chi connectivity index (χ4v) is 1.52. The lowest BCUT2D eigenvalue weighted by atomic mass is 10.1. The van der Waals surface area contributed by atoms with Crippen molar-refractivity contribution < 1.29 is 0 Å². The van der Waals surface area contributed by atoms with Gasteiger partial charge in [-0.2, -0.15) is 0 Å². The molecule has 1 nitrogen and oxygen atoms in total. The summed E-state index contributed by atoms with van der Waals surface area (Å²) in [6.45, 7) is 8.83. The molecule has 0 saturated carbocycles. The summed E-state index contributed by atoms with van der Waals surface area (Å²) in [5.74, 6) is 0.792. The molecule has 0 heterocycles. The molecule has 0 unspecified atom stereocenters. The molecule has 1 aromatic rings. The Balaban J connectivity index is 2.25. The van der Waals surface area contributed by atoms with Crippen LogP contribution in [0.3, 0.4) is 0 Å². The minimum atomic E-state index is 0.792. The lowest BCUT2D eigenvalue weighted by molar-refractivity contribution is 0.537. The summed E-state index contributed by atoms with van der Waals surface area (Å²) >= 11 is 0. The molecule has 1 aromatic carbocycles. The van der Waals surface area contributed by atoms with E-state index in [9.17, 15) is 0 Å². The molecule has 0 aliphatic rings. The van der Waals surface area contributed by atoms with Gasteiger partial charge in [0.2, 0.25) is 0 Å². The topological polar surface area (TPSA) is 12.0 Å². The number of benzene rings is 1. The summed E-state index contributed by atoms with van der Waals surface area (Å²) in [5, 5.41) is 3.47. The van der Waals surface area contributed by atoms with Crippen LogP contribution in [-0.4, -0.2) is 6.54 Å². The van der Waals surface area contributed by atoms with Crippen LogP contribution in [0.15, 0.2) is 24.3 Å². The first kappa shape index (κ1) is 12.3. The van der Waals surface area contributed by atoms with Crippen LogP contribution < -0.4 is 5.32 Å². The van der Waals surface area contributed by atoms with Crippen molar-refractivity contribution in [1.29, 1.82) is 0 Å². The minimum absolute atomic E-state index is 0.792. The summed E-state index contributed by atoms with van der Waals surface area (Å²) < 4.78 is 0. The van der Waals surface area contributed by atoms with Gasteiger partial charge >= 0.3 is 0 Å². The molecular weight excluding hydrogens is 182 g/mol. The van der Waals surface area contributed by atoms with Crippen molar-refractivity contribution >= 4 is 0 Å². The largest absolute Gasteiger partial charge is 0.313 e. The molecule has 0 fully saturated rings. The van der Waals surface area contributed by atoms with E-state index < -0.39 is 0 Å². The summed E-state index contributed by atoms with van der Waals surface area (Å²) in [6.07, 6.45) is 2.38. The highest BCUT2D eigenvalue weighted by Gasteiger charge is 1.95. The predicted molar refractivity (Wildman–Crippen MR) is 67.0 cm³/mol. The zero-order valence-corrected chi connectivity index (χ0v) is 10.2. The lowest BCUT2D eigenvalue weighted by Gasteiger charge is -2.07. The number of hydrogen-bond acceptors (Lipinski definition) is 1. The second-order valence-corrected chi connectivity index (χ2v) is 4.53. The van der Waals surface area contributed by atoms with Crippen molar-refractivity contribution in [3.63, 3.8) is 0 Å². The van der Waals surface area contributed by atoms with E-state index in [4.69, 9.17) is 0 Å². The van der Waals surface area contributed by atoms with Gasteiger partial charge in [0, 0.05) is 6.54 Å². The smallest absolute Gasteiger partial charge is 0.0205 e. The number of rotatable bonds is 6. The molecular formula is C14H23N. The molecule has 0 atom stereocenters. The summed E-state index contributed by atoms with van der Waals surface area (Å²) in [6, 6.07) is 8.89. The molecule has 0 saturated heterocycles. The Morgan fingerprint density at radius 1 is 1.07 bits per heavy atom. The van der Waals surface area contributed by atoms with Gasteiger partial charge in [0.15, 0.2) is 0 Å². The quantitative estimate of drug-likeness (QED) is 0.702.